The van der Waals surface area contributed by atoms with E-state index >= 15 is 0 Å². The number of hydrogen-bond donors (Lipinski definition) is 1. The second-order valence-corrected chi connectivity index (χ2v) is 5.16. The Hall–Kier alpha value is -2.64. The summed E-state index contributed by atoms with van der Waals surface area (Å²) < 4.78 is 1.73. The van der Waals surface area contributed by atoms with E-state index in [0.29, 0.717) is 0 Å². The molecule has 4 heteroatoms. The summed E-state index contributed by atoms with van der Waals surface area (Å²) in [6.07, 6.45) is 5.09. The molecule has 0 spiro atoms. The van der Waals surface area contributed by atoms with Gasteiger partial charge in [-0.25, -0.2) is 9.50 Å². The van der Waals surface area contributed by atoms with Crippen molar-refractivity contribution in [2.24, 2.45) is 0 Å². The lowest BCUT2D eigenvalue weighted by Crippen LogP contribution is -1.93. The smallest absolute Gasteiger partial charge is 0.154 e. The Morgan fingerprint density at radius 3 is 3.00 bits per heavy atom. The molecule has 110 valence electrons. The maximum absolute atomic E-state index is 8.94. The van der Waals surface area contributed by atoms with Gasteiger partial charge in [0.05, 0.1) is 6.20 Å². The Bertz CT molecular complexity index is 855. The molecule has 0 unspecified atom stereocenters. The summed E-state index contributed by atoms with van der Waals surface area (Å²) in [5.41, 5.74) is 4.90. The van der Waals surface area contributed by atoms with Crippen LogP contribution >= 0.6 is 0 Å². The van der Waals surface area contributed by atoms with Crippen LogP contribution in [-0.4, -0.2) is 26.3 Å². The van der Waals surface area contributed by atoms with Gasteiger partial charge in [-0.2, -0.15) is 5.10 Å². The van der Waals surface area contributed by atoms with Crippen LogP contribution in [0.15, 0.2) is 42.7 Å². The number of benzene rings is 1. The molecular formula is C18H17N3O. The van der Waals surface area contributed by atoms with Crippen LogP contribution in [0.1, 0.15) is 28.8 Å². The predicted octanol–water partition coefficient (Wildman–Crippen LogP) is 2.36. The Morgan fingerprint density at radius 2 is 2.14 bits per heavy atom. The lowest BCUT2D eigenvalue weighted by Gasteiger charge is -2.03. The van der Waals surface area contributed by atoms with Crippen LogP contribution < -0.4 is 0 Å². The largest absolute Gasteiger partial charge is 0.396 e. The summed E-state index contributed by atoms with van der Waals surface area (Å²) >= 11 is 0. The molecule has 0 atom stereocenters. The van der Waals surface area contributed by atoms with Gasteiger partial charge < -0.3 is 5.11 Å². The molecule has 0 bridgehead atoms. The Morgan fingerprint density at radius 1 is 1.23 bits per heavy atom. The highest BCUT2D eigenvalue weighted by Crippen LogP contribution is 2.12. The van der Waals surface area contributed by atoms with E-state index in [1.54, 1.807) is 16.9 Å². The summed E-state index contributed by atoms with van der Waals surface area (Å²) in [5, 5.41) is 13.2. The number of rotatable bonds is 3. The van der Waals surface area contributed by atoms with Crippen LogP contribution in [0.25, 0.3) is 5.65 Å². The highest BCUT2D eigenvalue weighted by molar-refractivity contribution is 5.48. The Kier molecular flexibility index (Phi) is 4.17. The molecule has 0 aliphatic carbocycles. The SMILES string of the molecule is Cc1ccc(CCCO)cc1C#Cc1cnc2cccnn12. The van der Waals surface area contributed by atoms with Crippen molar-refractivity contribution >= 4 is 5.65 Å². The highest BCUT2D eigenvalue weighted by Gasteiger charge is 2.01. The molecule has 0 radical (unpaired) electrons. The zero-order chi connectivity index (χ0) is 15.4. The maximum atomic E-state index is 8.94. The quantitative estimate of drug-likeness (QED) is 0.754. The summed E-state index contributed by atoms with van der Waals surface area (Å²) in [6, 6.07) is 10.0. The van der Waals surface area contributed by atoms with E-state index in [2.05, 4.69) is 40.1 Å². The van der Waals surface area contributed by atoms with Crippen LogP contribution in [0.5, 0.6) is 0 Å². The van der Waals surface area contributed by atoms with Crippen LogP contribution in [0.3, 0.4) is 0 Å². The third kappa shape index (κ3) is 3.00. The maximum Gasteiger partial charge on any atom is 0.154 e. The molecule has 3 rings (SSSR count). The van der Waals surface area contributed by atoms with Crippen LogP contribution in [0, 0.1) is 18.8 Å². The molecule has 22 heavy (non-hydrogen) atoms. The molecule has 0 aliphatic rings. The number of aromatic nitrogens is 3. The van der Waals surface area contributed by atoms with Gasteiger partial charge in [0.25, 0.3) is 0 Å². The average Bonchev–Trinajstić information content (AvgIpc) is 2.96. The van der Waals surface area contributed by atoms with Crippen molar-refractivity contribution in [3.05, 3.63) is 65.1 Å². The minimum atomic E-state index is 0.211. The highest BCUT2D eigenvalue weighted by atomic mass is 16.2. The fraction of sp³-hybridized carbons (Fsp3) is 0.222. The number of aliphatic hydroxyl groups excluding tert-OH is 1. The molecule has 0 fully saturated rings. The van der Waals surface area contributed by atoms with Crippen molar-refractivity contribution in [1.82, 2.24) is 14.6 Å². The van der Waals surface area contributed by atoms with E-state index in [1.807, 2.05) is 19.1 Å². The third-order valence-corrected chi connectivity index (χ3v) is 3.53. The topological polar surface area (TPSA) is 50.4 Å². The standard InChI is InChI=1S/C18H17N3O/c1-14-6-7-15(4-3-11-22)12-16(14)8-9-17-13-19-18-5-2-10-20-21(17)18/h2,5-7,10,12-13,22H,3-4,11H2,1H3. The van der Waals surface area contributed by atoms with Gasteiger partial charge in [-0.15, -0.1) is 0 Å². The number of aliphatic hydroxyl groups is 1. The lowest BCUT2D eigenvalue weighted by atomic mass is 10.0. The molecule has 1 N–H and O–H groups in total. The summed E-state index contributed by atoms with van der Waals surface area (Å²) in [4.78, 5) is 4.28. The minimum absolute atomic E-state index is 0.211. The third-order valence-electron chi connectivity index (χ3n) is 3.53. The zero-order valence-corrected chi connectivity index (χ0v) is 12.5. The second-order valence-electron chi connectivity index (χ2n) is 5.16. The fourth-order valence-electron chi connectivity index (χ4n) is 2.29. The number of nitrogens with zero attached hydrogens (tertiary/aromatic N) is 3. The molecule has 0 amide bonds. The van der Waals surface area contributed by atoms with Gasteiger partial charge in [0.2, 0.25) is 0 Å². The first-order valence-corrected chi connectivity index (χ1v) is 7.29. The van der Waals surface area contributed by atoms with Crippen LogP contribution in [0.4, 0.5) is 0 Å². The van der Waals surface area contributed by atoms with Gasteiger partial charge >= 0.3 is 0 Å². The predicted molar refractivity (Wildman–Crippen MR) is 85.6 cm³/mol. The second kappa shape index (κ2) is 6.42. The first-order chi connectivity index (χ1) is 10.8. The monoisotopic (exact) mass is 291 g/mol. The normalized spacial score (nSPS) is 10.5. The summed E-state index contributed by atoms with van der Waals surface area (Å²) in [7, 11) is 0. The molecular weight excluding hydrogens is 274 g/mol. The van der Waals surface area contributed by atoms with E-state index in [1.165, 1.54) is 5.56 Å². The molecule has 0 aliphatic heterocycles. The lowest BCUT2D eigenvalue weighted by molar-refractivity contribution is 0.288. The Labute approximate surface area is 129 Å². The molecule has 2 aromatic heterocycles. The van der Waals surface area contributed by atoms with E-state index in [4.69, 9.17) is 5.11 Å². The molecule has 0 saturated heterocycles. The van der Waals surface area contributed by atoms with Crippen molar-refractivity contribution in [3.8, 4) is 11.8 Å². The van der Waals surface area contributed by atoms with E-state index in [0.717, 1.165) is 35.3 Å². The number of aryl methyl sites for hydroxylation is 2. The number of hydrogen-bond acceptors (Lipinski definition) is 3. The van der Waals surface area contributed by atoms with Crippen molar-refractivity contribution < 1.29 is 5.11 Å². The van der Waals surface area contributed by atoms with Crippen LogP contribution in [-0.2, 0) is 6.42 Å². The van der Waals surface area contributed by atoms with Crippen molar-refractivity contribution in [3.63, 3.8) is 0 Å². The molecule has 3 aromatic rings. The summed E-state index contributed by atoms with van der Waals surface area (Å²) in [6.45, 7) is 2.26. The molecule has 4 nitrogen and oxygen atoms in total. The molecule has 1 aromatic carbocycles. The molecule has 0 saturated carbocycles. The van der Waals surface area contributed by atoms with Gasteiger partial charge in [0.1, 0.15) is 5.69 Å². The Balaban J connectivity index is 1.93. The zero-order valence-electron chi connectivity index (χ0n) is 12.5. The average molecular weight is 291 g/mol. The minimum Gasteiger partial charge on any atom is -0.396 e. The van der Waals surface area contributed by atoms with Crippen molar-refractivity contribution in [1.29, 1.82) is 0 Å². The number of imidazole rings is 1. The summed E-state index contributed by atoms with van der Waals surface area (Å²) in [5.74, 6) is 6.36. The van der Waals surface area contributed by atoms with Crippen LogP contribution in [0.2, 0.25) is 0 Å². The van der Waals surface area contributed by atoms with Crippen molar-refractivity contribution in [2.75, 3.05) is 6.61 Å². The van der Waals surface area contributed by atoms with Gasteiger partial charge in [-0.1, -0.05) is 18.1 Å². The van der Waals surface area contributed by atoms with Gasteiger partial charge in [-0.3, -0.25) is 0 Å². The first-order valence-electron chi connectivity index (χ1n) is 7.29. The van der Waals surface area contributed by atoms with Crippen molar-refractivity contribution in [2.45, 2.75) is 19.8 Å². The first kappa shape index (κ1) is 14.3. The van der Waals surface area contributed by atoms with E-state index in [-0.39, 0.29) is 6.61 Å². The van der Waals surface area contributed by atoms with E-state index < -0.39 is 0 Å². The van der Waals surface area contributed by atoms with E-state index in [9.17, 15) is 0 Å². The van der Waals surface area contributed by atoms with Gasteiger partial charge in [-0.05, 0) is 55.0 Å². The number of fused-ring (bicyclic) bond motifs is 1. The van der Waals surface area contributed by atoms with Gasteiger partial charge in [0, 0.05) is 18.4 Å². The molecule has 2 heterocycles. The fourth-order valence-corrected chi connectivity index (χ4v) is 2.29. The van der Waals surface area contributed by atoms with Gasteiger partial charge in [0.15, 0.2) is 5.65 Å².